The summed E-state index contributed by atoms with van der Waals surface area (Å²) in [6.07, 6.45) is 0. The van der Waals surface area contributed by atoms with Crippen LogP contribution in [0.25, 0.3) is 0 Å². The SMILES string of the molecule is Nc1nc(SCc2ccccc2)nn1C(=O)Nc1cc(Cl)ccc1Cl. The number of nitrogens with two attached hydrogens (primary N) is 1. The Morgan fingerprint density at radius 3 is 2.72 bits per heavy atom. The molecule has 0 aliphatic heterocycles. The second kappa shape index (κ2) is 7.77. The van der Waals surface area contributed by atoms with Gasteiger partial charge < -0.3 is 11.1 Å². The van der Waals surface area contributed by atoms with Crippen molar-refractivity contribution in [1.82, 2.24) is 14.8 Å². The maximum atomic E-state index is 12.3. The molecule has 1 heterocycles. The quantitative estimate of drug-likeness (QED) is 0.635. The van der Waals surface area contributed by atoms with Crippen LogP contribution in [0.2, 0.25) is 10.0 Å². The number of carbonyl (C=O) groups is 1. The number of nitrogen functional groups attached to an aromatic ring is 1. The molecule has 1 aromatic heterocycles. The molecule has 0 aliphatic carbocycles. The van der Waals surface area contributed by atoms with Gasteiger partial charge in [0.25, 0.3) is 0 Å². The lowest BCUT2D eigenvalue weighted by Crippen LogP contribution is -2.22. The van der Waals surface area contributed by atoms with E-state index in [9.17, 15) is 4.79 Å². The summed E-state index contributed by atoms with van der Waals surface area (Å²) >= 11 is 13.3. The van der Waals surface area contributed by atoms with Crippen LogP contribution in [0.1, 0.15) is 5.56 Å². The maximum Gasteiger partial charge on any atom is 0.349 e. The van der Waals surface area contributed by atoms with Gasteiger partial charge in [0.05, 0.1) is 10.7 Å². The summed E-state index contributed by atoms with van der Waals surface area (Å²) in [6, 6.07) is 14.1. The zero-order chi connectivity index (χ0) is 17.8. The van der Waals surface area contributed by atoms with Crippen LogP contribution in [0.5, 0.6) is 0 Å². The molecule has 2 aromatic carbocycles. The number of halogens is 2. The third-order valence-electron chi connectivity index (χ3n) is 3.19. The zero-order valence-corrected chi connectivity index (χ0v) is 15.1. The minimum Gasteiger partial charge on any atom is -0.368 e. The highest BCUT2D eigenvalue weighted by molar-refractivity contribution is 7.98. The second-order valence-corrected chi connectivity index (χ2v) is 6.78. The molecule has 128 valence electrons. The lowest BCUT2D eigenvalue weighted by atomic mass is 10.2. The van der Waals surface area contributed by atoms with Gasteiger partial charge in [0, 0.05) is 10.8 Å². The van der Waals surface area contributed by atoms with Crippen molar-refractivity contribution in [3.8, 4) is 0 Å². The standard InChI is InChI=1S/C16H13Cl2N5OS/c17-11-6-7-12(18)13(8-11)20-16(24)23-14(19)21-15(22-23)25-9-10-4-2-1-3-5-10/h1-8H,9H2,(H,20,24)(H2,19,21,22). The number of hydrogen-bond donors (Lipinski definition) is 2. The van der Waals surface area contributed by atoms with E-state index in [-0.39, 0.29) is 5.95 Å². The van der Waals surface area contributed by atoms with Crippen LogP contribution in [-0.2, 0) is 5.75 Å². The summed E-state index contributed by atoms with van der Waals surface area (Å²) in [6.45, 7) is 0. The molecule has 0 unspecified atom stereocenters. The van der Waals surface area contributed by atoms with Crippen molar-refractivity contribution in [2.75, 3.05) is 11.1 Å². The second-order valence-electron chi connectivity index (χ2n) is 4.99. The van der Waals surface area contributed by atoms with E-state index in [1.165, 1.54) is 11.8 Å². The van der Waals surface area contributed by atoms with Gasteiger partial charge in [0.1, 0.15) is 0 Å². The summed E-state index contributed by atoms with van der Waals surface area (Å²) < 4.78 is 0.991. The predicted octanol–water partition coefficient (Wildman–Crippen LogP) is 4.54. The van der Waals surface area contributed by atoms with Gasteiger partial charge in [-0.1, -0.05) is 65.3 Å². The van der Waals surface area contributed by atoms with Crippen LogP contribution in [0, 0.1) is 0 Å². The van der Waals surface area contributed by atoms with Crippen molar-refractivity contribution in [3.63, 3.8) is 0 Å². The Balaban J connectivity index is 1.71. The van der Waals surface area contributed by atoms with Crippen molar-refractivity contribution in [2.24, 2.45) is 0 Å². The minimum atomic E-state index is -0.569. The van der Waals surface area contributed by atoms with Gasteiger partial charge in [-0.15, -0.1) is 9.78 Å². The molecular weight excluding hydrogens is 381 g/mol. The summed E-state index contributed by atoms with van der Waals surface area (Å²) in [5.41, 5.74) is 7.28. The van der Waals surface area contributed by atoms with E-state index in [4.69, 9.17) is 28.9 Å². The molecule has 0 radical (unpaired) electrons. The van der Waals surface area contributed by atoms with E-state index >= 15 is 0 Å². The molecule has 0 spiro atoms. The van der Waals surface area contributed by atoms with Gasteiger partial charge >= 0.3 is 6.03 Å². The number of thioether (sulfide) groups is 1. The molecule has 0 fully saturated rings. The molecule has 3 N–H and O–H groups in total. The minimum absolute atomic E-state index is 0.00814. The van der Waals surface area contributed by atoms with E-state index in [0.29, 0.717) is 26.6 Å². The predicted molar refractivity (Wildman–Crippen MR) is 101 cm³/mol. The average molecular weight is 394 g/mol. The van der Waals surface area contributed by atoms with Crippen molar-refractivity contribution in [3.05, 3.63) is 64.1 Å². The zero-order valence-electron chi connectivity index (χ0n) is 12.8. The normalized spacial score (nSPS) is 10.6. The fraction of sp³-hybridized carbons (Fsp3) is 0.0625. The number of hydrogen-bond acceptors (Lipinski definition) is 5. The van der Waals surface area contributed by atoms with Crippen molar-refractivity contribution >= 4 is 52.6 Å². The molecule has 3 aromatic rings. The summed E-state index contributed by atoms with van der Waals surface area (Å²) in [4.78, 5) is 16.4. The number of rotatable bonds is 4. The van der Waals surface area contributed by atoms with Crippen LogP contribution < -0.4 is 11.1 Å². The fourth-order valence-corrected chi connectivity index (χ4v) is 3.12. The number of aromatic nitrogens is 3. The summed E-state index contributed by atoms with van der Waals surface area (Å²) in [7, 11) is 0. The summed E-state index contributed by atoms with van der Waals surface area (Å²) in [5, 5.41) is 7.96. The highest BCUT2D eigenvalue weighted by atomic mass is 35.5. The van der Waals surface area contributed by atoms with E-state index in [1.807, 2.05) is 30.3 Å². The smallest absolute Gasteiger partial charge is 0.349 e. The average Bonchev–Trinajstić information content (AvgIpc) is 2.98. The highest BCUT2D eigenvalue weighted by Crippen LogP contribution is 2.26. The molecule has 0 atom stereocenters. The maximum absolute atomic E-state index is 12.3. The largest absolute Gasteiger partial charge is 0.368 e. The van der Waals surface area contributed by atoms with E-state index in [2.05, 4.69) is 15.4 Å². The number of nitrogens with one attached hydrogen (secondary N) is 1. The first-order valence-electron chi connectivity index (χ1n) is 7.18. The number of anilines is 2. The molecule has 0 aliphatic rings. The van der Waals surface area contributed by atoms with Crippen molar-refractivity contribution in [2.45, 2.75) is 10.9 Å². The fourth-order valence-electron chi connectivity index (χ4n) is 2.00. The van der Waals surface area contributed by atoms with E-state index in [1.54, 1.807) is 18.2 Å². The first kappa shape index (κ1) is 17.6. The van der Waals surface area contributed by atoms with Gasteiger partial charge in [0.2, 0.25) is 11.1 Å². The van der Waals surface area contributed by atoms with Crippen LogP contribution in [0.15, 0.2) is 53.7 Å². The topological polar surface area (TPSA) is 85.8 Å². The number of carbonyl (C=O) groups excluding carboxylic acids is 1. The van der Waals surface area contributed by atoms with Gasteiger partial charge in [0.15, 0.2) is 0 Å². The van der Waals surface area contributed by atoms with Gasteiger partial charge in [-0.2, -0.15) is 4.98 Å². The molecule has 25 heavy (non-hydrogen) atoms. The Hall–Kier alpha value is -2.22. The Kier molecular flexibility index (Phi) is 5.47. The first-order valence-corrected chi connectivity index (χ1v) is 8.93. The van der Waals surface area contributed by atoms with Crippen LogP contribution >= 0.6 is 35.0 Å². The first-order chi connectivity index (χ1) is 12.0. The molecule has 0 saturated carbocycles. The lowest BCUT2D eigenvalue weighted by molar-refractivity contribution is 0.251. The Morgan fingerprint density at radius 1 is 1.20 bits per heavy atom. The highest BCUT2D eigenvalue weighted by Gasteiger charge is 2.16. The van der Waals surface area contributed by atoms with Crippen LogP contribution in [0.3, 0.4) is 0 Å². The summed E-state index contributed by atoms with van der Waals surface area (Å²) in [5.74, 6) is 0.665. The molecular formula is C16H13Cl2N5OS. The molecule has 9 heteroatoms. The van der Waals surface area contributed by atoms with Gasteiger partial charge in [-0.3, -0.25) is 0 Å². The van der Waals surface area contributed by atoms with Crippen molar-refractivity contribution < 1.29 is 4.79 Å². The third-order valence-corrected chi connectivity index (χ3v) is 4.66. The van der Waals surface area contributed by atoms with Gasteiger partial charge in [-0.25, -0.2) is 4.79 Å². The molecule has 6 nitrogen and oxygen atoms in total. The molecule has 0 saturated heterocycles. The lowest BCUT2D eigenvalue weighted by Gasteiger charge is -2.07. The number of nitrogens with zero attached hydrogens (tertiary/aromatic N) is 3. The number of amides is 1. The van der Waals surface area contributed by atoms with E-state index < -0.39 is 6.03 Å². The van der Waals surface area contributed by atoms with Crippen LogP contribution in [-0.4, -0.2) is 20.8 Å². The van der Waals surface area contributed by atoms with Crippen LogP contribution in [0.4, 0.5) is 16.4 Å². The Labute approximate surface area is 158 Å². The van der Waals surface area contributed by atoms with E-state index in [0.717, 1.165) is 10.2 Å². The monoisotopic (exact) mass is 393 g/mol. The number of benzene rings is 2. The Morgan fingerprint density at radius 2 is 1.96 bits per heavy atom. The van der Waals surface area contributed by atoms with Crippen molar-refractivity contribution in [1.29, 1.82) is 0 Å². The molecule has 3 rings (SSSR count). The Bertz CT molecular complexity index is 901. The molecule has 0 bridgehead atoms. The molecule has 1 amide bonds. The van der Waals surface area contributed by atoms with Gasteiger partial charge in [-0.05, 0) is 23.8 Å². The third kappa shape index (κ3) is 4.45.